The molecule has 1 aliphatic carbocycles. The SMILES string of the molecule is CCC1CCC(N(C)C(=O)C2(C(N)=S)CCOCC2)CC1. The zero-order valence-electron chi connectivity index (χ0n) is 13.3. The zero-order chi connectivity index (χ0) is 15.5. The number of carbonyl (C=O) groups is 1. The van der Waals surface area contributed by atoms with Crippen molar-refractivity contribution in [3.05, 3.63) is 0 Å². The summed E-state index contributed by atoms with van der Waals surface area (Å²) in [6.45, 7) is 3.39. The van der Waals surface area contributed by atoms with Gasteiger partial charge in [-0.15, -0.1) is 0 Å². The first-order valence-corrected chi connectivity index (χ1v) is 8.57. The summed E-state index contributed by atoms with van der Waals surface area (Å²) in [5.74, 6) is 0.940. The third kappa shape index (κ3) is 3.39. The number of thiocarbonyl (C=S) groups is 1. The van der Waals surface area contributed by atoms with E-state index in [-0.39, 0.29) is 5.91 Å². The molecule has 5 heteroatoms. The van der Waals surface area contributed by atoms with Gasteiger partial charge >= 0.3 is 0 Å². The van der Waals surface area contributed by atoms with Crippen LogP contribution in [0.2, 0.25) is 0 Å². The number of rotatable bonds is 4. The summed E-state index contributed by atoms with van der Waals surface area (Å²) in [6, 6.07) is 0.342. The highest BCUT2D eigenvalue weighted by Crippen LogP contribution is 2.36. The molecular weight excluding hydrogens is 284 g/mol. The average molecular weight is 312 g/mol. The maximum Gasteiger partial charge on any atom is 0.235 e. The molecule has 1 aliphatic heterocycles. The van der Waals surface area contributed by atoms with E-state index in [1.807, 2.05) is 11.9 Å². The van der Waals surface area contributed by atoms with E-state index >= 15 is 0 Å². The molecule has 21 heavy (non-hydrogen) atoms. The first-order valence-electron chi connectivity index (χ1n) is 8.16. The van der Waals surface area contributed by atoms with E-state index in [0.29, 0.717) is 37.1 Å². The fourth-order valence-electron chi connectivity index (χ4n) is 3.73. The zero-order valence-corrected chi connectivity index (χ0v) is 14.1. The molecular formula is C16H28N2O2S. The van der Waals surface area contributed by atoms with Crippen molar-refractivity contribution in [1.29, 1.82) is 0 Å². The van der Waals surface area contributed by atoms with Crippen molar-refractivity contribution in [3.63, 3.8) is 0 Å². The first kappa shape index (κ1) is 16.7. The minimum Gasteiger partial charge on any atom is -0.392 e. The molecule has 0 aromatic heterocycles. The Bertz CT molecular complexity index is 386. The second-order valence-corrected chi connectivity index (χ2v) is 7.00. The van der Waals surface area contributed by atoms with Crippen molar-refractivity contribution in [2.75, 3.05) is 20.3 Å². The predicted octanol–water partition coefficient (Wildman–Crippen LogP) is 2.50. The number of carbonyl (C=O) groups excluding carboxylic acids is 1. The van der Waals surface area contributed by atoms with Crippen LogP contribution < -0.4 is 5.73 Å². The summed E-state index contributed by atoms with van der Waals surface area (Å²) in [4.78, 5) is 15.3. The quantitative estimate of drug-likeness (QED) is 0.810. The van der Waals surface area contributed by atoms with Gasteiger partial charge in [-0.1, -0.05) is 25.6 Å². The molecule has 2 rings (SSSR count). The van der Waals surface area contributed by atoms with Crippen molar-refractivity contribution in [2.45, 2.75) is 57.9 Å². The van der Waals surface area contributed by atoms with Gasteiger partial charge in [-0.3, -0.25) is 4.79 Å². The normalized spacial score (nSPS) is 28.9. The fourth-order valence-corrected chi connectivity index (χ4v) is 4.02. The maximum absolute atomic E-state index is 13.0. The van der Waals surface area contributed by atoms with E-state index in [2.05, 4.69) is 6.92 Å². The molecule has 0 atom stereocenters. The molecule has 120 valence electrons. The van der Waals surface area contributed by atoms with Crippen molar-refractivity contribution in [3.8, 4) is 0 Å². The lowest BCUT2D eigenvalue weighted by molar-refractivity contribution is -0.144. The number of nitrogens with two attached hydrogens (primary N) is 1. The van der Waals surface area contributed by atoms with E-state index < -0.39 is 5.41 Å². The standard InChI is InChI=1S/C16H28N2O2S/c1-3-12-4-6-13(7-5-12)18(2)15(19)16(14(17)21)8-10-20-11-9-16/h12-13H,3-11H2,1-2H3,(H2,17,21). The number of hydrogen-bond acceptors (Lipinski definition) is 3. The van der Waals surface area contributed by atoms with E-state index in [0.717, 1.165) is 18.8 Å². The lowest BCUT2D eigenvalue weighted by Gasteiger charge is -2.42. The van der Waals surface area contributed by atoms with Gasteiger partial charge in [0.05, 0.1) is 4.99 Å². The van der Waals surface area contributed by atoms with Crippen LogP contribution >= 0.6 is 12.2 Å². The Morgan fingerprint density at radius 3 is 2.33 bits per heavy atom. The molecule has 0 radical (unpaired) electrons. The van der Waals surface area contributed by atoms with Crippen LogP contribution in [-0.2, 0) is 9.53 Å². The summed E-state index contributed by atoms with van der Waals surface area (Å²) < 4.78 is 5.39. The molecule has 2 N–H and O–H groups in total. The second-order valence-electron chi connectivity index (χ2n) is 6.56. The van der Waals surface area contributed by atoms with Gasteiger partial charge < -0.3 is 15.4 Å². The van der Waals surface area contributed by atoms with Gasteiger partial charge in [0.1, 0.15) is 5.41 Å². The molecule has 2 aliphatic rings. The Balaban J connectivity index is 2.05. The monoisotopic (exact) mass is 312 g/mol. The highest BCUT2D eigenvalue weighted by molar-refractivity contribution is 7.80. The topological polar surface area (TPSA) is 55.6 Å². The number of amides is 1. The van der Waals surface area contributed by atoms with Crippen LogP contribution in [0.15, 0.2) is 0 Å². The van der Waals surface area contributed by atoms with Crippen molar-refractivity contribution in [1.82, 2.24) is 4.90 Å². The van der Waals surface area contributed by atoms with Gasteiger partial charge in [-0.2, -0.15) is 0 Å². The summed E-state index contributed by atoms with van der Waals surface area (Å²) in [5.41, 5.74) is 5.27. The molecule has 2 fully saturated rings. The molecule has 1 saturated heterocycles. The molecule has 0 bridgehead atoms. The average Bonchev–Trinajstić information content (AvgIpc) is 2.54. The lowest BCUT2D eigenvalue weighted by Crippen LogP contribution is -2.54. The third-order valence-corrected chi connectivity index (χ3v) is 5.88. The van der Waals surface area contributed by atoms with Gasteiger partial charge in [0, 0.05) is 26.3 Å². The molecule has 0 aromatic carbocycles. The van der Waals surface area contributed by atoms with Crippen LogP contribution in [0.4, 0.5) is 0 Å². The maximum atomic E-state index is 13.0. The third-order valence-electron chi connectivity index (χ3n) is 5.49. The van der Waals surface area contributed by atoms with Crippen LogP contribution in [-0.4, -0.2) is 42.1 Å². The molecule has 1 saturated carbocycles. The molecule has 1 amide bonds. The Labute approximate surface area is 133 Å². The van der Waals surface area contributed by atoms with Crippen LogP contribution in [0.25, 0.3) is 0 Å². The molecule has 0 spiro atoms. The van der Waals surface area contributed by atoms with E-state index in [1.54, 1.807) is 0 Å². The van der Waals surface area contributed by atoms with Crippen LogP contribution in [0.5, 0.6) is 0 Å². The summed E-state index contributed by atoms with van der Waals surface area (Å²) in [7, 11) is 1.93. The second kappa shape index (κ2) is 7.05. The van der Waals surface area contributed by atoms with E-state index in [1.165, 1.54) is 19.3 Å². The van der Waals surface area contributed by atoms with Crippen LogP contribution in [0.1, 0.15) is 51.9 Å². The van der Waals surface area contributed by atoms with Gasteiger partial charge in [-0.25, -0.2) is 0 Å². The highest BCUT2D eigenvalue weighted by Gasteiger charge is 2.45. The van der Waals surface area contributed by atoms with Gasteiger partial charge in [0.25, 0.3) is 0 Å². The molecule has 0 unspecified atom stereocenters. The minimum atomic E-state index is -0.677. The summed E-state index contributed by atoms with van der Waals surface area (Å²) in [6.07, 6.45) is 7.14. The smallest absolute Gasteiger partial charge is 0.235 e. The molecule has 1 heterocycles. The number of nitrogens with zero attached hydrogens (tertiary/aromatic N) is 1. The predicted molar refractivity (Wildman–Crippen MR) is 88.1 cm³/mol. The number of ether oxygens (including phenoxy) is 1. The Kier molecular flexibility index (Phi) is 5.60. The minimum absolute atomic E-state index is 0.109. The van der Waals surface area contributed by atoms with Crippen molar-refractivity contribution < 1.29 is 9.53 Å². The van der Waals surface area contributed by atoms with Gasteiger partial charge in [0.15, 0.2) is 0 Å². The Morgan fingerprint density at radius 1 is 1.29 bits per heavy atom. The largest absolute Gasteiger partial charge is 0.392 e. The van der Waals surface area contributed by atoms with E-state index in [9.17, 15) is 4.79 Å². The van der Waals surface area contributed by atoms with Crippen LogP contribution in [0, 0.1) is 11.3 Å². The van der Waals surface area contributed by atoms with Crippen molar-refractivity contribution >= 4 is 23.1 Å². The fraction of sp³-hybridized carbons (Fsp3) is 0.875. The van der Waals surface area contributed by atoms with E-state index in [4.69, 9.17) is 22.7 Å². The Hall–Kier alpha value is -0.680. The summed E-state index contributed by atoms with van der Waals surface area (Å²) >= 11 is 5.24. The lowest BCUT2D eigenvalue weighted by atomic mass is 9.77. The van der Waals surface area contributed by atoms with Crippen LogP contribution in [0.3, 0.4) is 0 Å². The van der Waals surface area contributed by atoms with Gasteiger partial charge in [-0.05, 0) is 44.4 Å². The number of hydrogen-bond donors (Lipinski definition) is 1. The first-order chi connectivity index (χ1) is 10.0. The summed E-state index contributed by atoms with van der Waals surface area (Å²) in [5, 5.41) is 0. The Morgan fingerprint density at radius 2 is 1.86 bits per heavy atom. The van der Waals surface area contributed by atoms with Crippen molar-refractivity contribution in [2.24, 2.45) is 17.1 Å². The van der Waals surface area contributed by atoms with Gasteiger partial charge in [0.2, 0.25) is 5.91 Å². The molecule has 0 aromatic rings. The molecule has 4 nitrogen and oxygen atoms in total. The highest BCUT2D eigenvalue weighted by atomic mass is 32.1.